The zero-order valence-corrected chi connectivity index (χ0v) is 30.0. The monoisotopic (exact) mass is 714 g/mol. The fraction of sp³-hybridized carbons (Fsp3) is 0. The molecule has 0 atom stereocenters. The minimum Gasteiger partial charge on any atom is -0.256 e. The fourth-order valence-corrected chi connectivity index (χ4v) is 7.53. The van der Waals surface area contributed by atoms with Gasteiger partial charge in [0.15, 0.2) is 23.2 Å². The summed E-state index contributed by atoms with van der Waals surface area (Å²) in [5, 5.41) is 4.30. The van der Waals surface area contributed by atoms with E-state index in [1.807, 2.05) is 109 Å². The van der Waals surface area contributed by atoms with Gasteiger partial charge in [0.25, 0.3) is 0 Å². The van der Waals surface area contributed by atoms with Gasteiger partial charge < -0.3 is 0 Å². The van der Waals surface area contributed by atoms with E-state index in [9.17, 15) is 0 Å². The number of aromatic nitrogens is 5. The maximum absolute atomic E-state index is 7.51. The summed E-state index contributed by atoms with van der Waals surface area (Å²) in [5.74, 6) is 1.84. The summed E-state index contributed by atoms with van der Waals surface area (Å²) < 4.78 is 0. The van der Waals surface area contributed by atoms with E-state index in [1.54, 1.807) is 0 Å². The Labute approximate surface area is 323 Å². The van der Waals surface area contributed by atoms with Crippen molar-refractivity contribution in [3.05, 3.63) is 194 Å². The SMILES string of the molecule is [C-]#[N+]c1cccc(-c2cccc(-c3cc4c5cccnc5c(-c5cccc(-c6nc(-c7ccccc7)nc(-c7ccccc7)n6)c5)cc4c4cccnc34)c2)c1. The van der Waals surface area contributed by atoms with Gasteiger partial charge in [-0.3, -0.25) is 9.97 Å². The van der Waals surface area contributed by atoms with Gasteiger partial charge in [0.2, 0.25) is 0 Å². The molecule has 0 bridgehead atoms. The smallest absolute Gasteiger partial charge is 0.187 e. The van der Waals surface area contributed by atoms with E-state index in [-0.39, 0.29) is 0 Å². The van der Waals surface area contributed by atoms with Crippen LogP contribution in [0.1, 0.15) is 0 Å². The molecule has 0 amide bonds. The zero-order valence-electron chi connectivity index (χ0n) is 30.0. The van der Waals surface area contributed by atoms with Gasteiger partial charge in [-0.25, -0.2) is 19.8 Å². The van der Waals surface area contributed by atoms with Crippen molar-refractivity contribution < 1.29 is 0 Å². The number of benzene rings is 7. The molecular formula is C50H30N6. The minimum atomic E-state index is 0.597. The van der Waals surface area contributed by atoms with Gasteiger partial charge >= 0.3 is 0 Å². The molecule has 3 heterocycles. The molecule has 0 aliphatic carbocycles. The van der Waals surface area contributed by atoms with Crippen LogP contribution in [0.3, 0.4) is 0 Å². The van der Waals surface area contributed by atoms with E-state index in [1.165, 1.54) is 0 Å². The molecule has 0 unspecified atom stereocenters. The first-order valence-electron chi connectivity index (χ1n) is 18.4. The second-order valence-corrected chi connectivity index (χ2v) is 13.6. The average molecular weight is 715 g/mol. The van der Waals surface area contributed by atoms with Gasteiger partial charge in [0.1, 0.15) is 0 Å². The molecule has 10 rings (SSSR count). The van der Waals surface area contributed by atoms with Crippen molar-refractivity contribution in [1.29, 1.82) is 0 Å². The number of fused-ring (bicyclic) bond motifs is 5. The Morgan fingerprint density at radius 1 is 0.339 bits per heavy atom. The first-order valence-corrected chi connectivity index (χ1v) is 18.4. The van der Waals surface area contributed by atoms with Crippen LogP contribution < -0.4 is 0 Å². The molecule has 0 saturated heterocycles. The van der Waals surface area contributed by atoms with Crippen LogP contribution >= 0.6 is 0 Å². The normalized spacial score (nSPS) is 11.2. The Morgan fingerprint density at radius 3 is 1.30 bits per heavy atom. The molecule has 0 saturated carbocycles. The second-order valence-electron chi connectivity index (χ2n) is 13.6. The van der Waals surface area contributed by atoms with E-state index >= 15 is 0 Å². The Hall–Kier alpha value is -7.88. The molecular weight excluding hydrogens is 685 g/mol. The number of pyridine rings is 2. The highest BCUT2D eigenvalue weighted by molar-refractivity contribution is 6.22. The fourth-order valence-electron chi connectivity index (χ4n) is 7.53. The first kappa shape index (κ1) is 32.7. The van der Waals surface area contributed by atoms with Crippen LogP contribution in [0.25, 0.3) is 105 Å². The average Bonchev–Trinajstić information content (AvgIpc) is 3.29. The largest absolute Gasteiger partial charge is 0.256 e. The zero-order chi connectivity index (χ0) is 37.4. The summed E-state index contributed by atoms with van der Waals surface area (Å²) in [4.78, 5) is 28.5. The molecule has 7 aromatic carbocycles. The van der Waals surface area contributed by atoms with Crippen LogP contribution in [0, 0.1) is 6.57 Å². The molecule has 6 heteroatoms. The van der Waals surface area contributed by atoms with Crippen molar-refractivity contribution in [3.8, 4) is 67.5 Å². The van der Waals surface area contributed by atoms with Crippen molar-refractivity contribution in [2.24, 2.45) is 0 Å². The van der Waals surface area contributed by atoms with Crippen molar-refractivity contribution in [2.45, 2.75) is 0 Å². The van der Waals surface area contributed by atoms with Crippen molar-refractivity contribution in [1.82, 2.24) is 24.9 Å². The van der Waals surface area contributed by atoms with Crippen LogP contribution in [0.15, 0.2) is 182 Å². The molecule has 0 aliphatic rings. The lowest BCUT2D eigenvalue weighted by molar-refractivity contribution is 1.07. The highest BCUT2D eigenvalue weighted by Gasteiger charge is 2.18. The van der Waals surface area contributed by atoms with Crippen molar-refractivity contribution in [2.75, 3.05) is 0 Å². The number of rotatable bonds is 6. The summed E-state index contributed by atoms with van der Waals surface area (Å²) in [6.45, 7) is 7.51. The molecule has 0 spiro atoms. The number of nitrogens with zero attached hydrogens (tertiary/aromatic N) is 6. The maximum atomic E-state index is 7.51. The molecule has 10 aromatic rings. The Bertz CT molecular complexity index is 3090. The maximum Gasteiger partial charge on any atom is 0.187 e. The van der Waals surface area contributed by atoms with Gasteiger partial charge in [-0.1, -0.05) is 127 Å². The van der Waals surface area contributed by atoms with Gasteiger partial charge in [-0.2, -0.15) is 0 Å². The lowest BCUT2D eigenvalue weighted by atomic mass is 9.90. The summed E-state index contributed by atoms with van der Waals surface area (Å²) in [5.41, 5.74) is 11.3. The number of hydrogen-bond acceptors (Lipinski definition) is 5. The van der Waals surface area contributed by atoms with E-state index < -0.39 is 0 Å². The third-order valence-electron chi connectivity index (χ3n) is 10.2. The van der Waals surface area contributed by atoms with Crippen LogP contribution in [0.5, 0.6) is 0 Å². The molecule has 56 heavy (non-hydrogen) atoms. The predicted octanol–water partition coefficient (Wildman–Crippen LogP) is 12.7. The van der Waals surface area contributed by atoms with Crippen molar-refractivity contribution >= 4 is 38.3 Å². The molecule has 260 valence electrons. The van der Waals surface area contributed by atoms with Crippen molar-refractivity contribution in [3.63, 3.8) is 0 Å². The standard InChI is InChI=1S/C50H30N6/c1-51-39-22-10-18-35(29-39)34-17-8-19-36(27-34)42-30-44-41-24-12-26-53-47(41)43(31-45(44)40-23-11-25-52-46(40)42)37-20-9-21-38(28-37)50-55-48(32-13-4-2-5-14-32)54-49(56-50)33-15-6-3-7-16-33/h2-31H. The Kier molecular flexibility index (Phi) is 8.09. The number of hydrogen-bond donors (Lipinski definition) is 0. The summed E-state index contributed by atoms with van der Waals surface area (Å²) in [6, 6.07) is 57.5. The molecule has 6 nitrogen and oxygen atoms in total. The highest BCUT2D eigenvalue weighted by Crippen LogP contribution is 2.42. The summed E-state index contributed by atoms with van der Waals surface area (Å²) in [7, 11) is 0. The first-order chi connectivity index (χ1) is 27.7. The van der Waals surface area contributed by atoms with Gasteiger partial charge in [-0.15, -0.1) is 0 Å². The van der Waals surface area contributed by atoms with Gasteiger partial charge in [0, 0.05) is 51.0 Å². The molecule has 3 aromatic heterocycles. The topological polar surface area (TPSA) is 68.8 Å². The lowest BCUT2D eigenvalue weighted by Crippen LogP contribution is -2.00. The van der Waals surface area contributed by atoms with Crippen LogP contribution in [0.4, 0.5) is 5.69 Å². The third-order valence-corrected chi connectivity index (χ3v) is 10.2. The molecule has 0 radical (unpaired) electrons. The molecule has 0 fully saturated rings. The summed E-state index contributed by atoms with van der Waals surface area (Å²) >= 11 is 0. The molecule has 0 N–H and O–H groups in total. The van der Waals surface area contributed by atoms with E-state index in [4.69, 9.17) is 31.5 Å². The minimum absolute atomic E-state index is 0.597. The highest BCUT2D eigenvalue weighted by atomic mass is 15.0. The Morgan fingerprint density at radius 2 is 0.768 bits per heavy atom. The Balaban J connectivity index is 1.15. The van der Waals surface area contributed by atoms with Gasteiger partial charge in [-0.05, 0) is 75.5 Å². The predicted molar refractivity (Wildman–Crippen MR) is 227 cm³/mol. The third kappa shape index (κ3) is 5.90. The van der Waals surface area contributed by atoms with Crippen LogP contribution in [-0.2, 0) is 0 Å². The van der Waals surface area contributed by atoms with E-state index in [0.29, 0.717) is 23.2 Å². The lowest BCUT2D eigenvalue weighted by Gasteiger charge is -2.16. The second kappa shape index (κ2) is 13.8. The van der Waals surface area contributed by atoms with Crippen LogP contribution in [-0.4, -0.2) is 24.9 Å². The summed E-state index contributed by atoms with van der Waals surface area (Å²) in [6.07, 6.45) is 3.71. The quantitative estimate of drug-likeness (QED) is 0.127. The van der Waals surface area contributed by atoms with Crippen LogP contribution in [0.2, 0.25) is 0 Å². The van der Waals surface area contributed by atoms with Gasteiger partial charge in [0.05, 0.1) is 17.6 Å². The van der Waals surface area contributed by atoms with E-state index in [0.717, 1.165) is 82.6 Å². The molecule has 0 aliphatic heterocycles. The van der Waals surface area contributed by atoms with E-state index in [2.05, 4.69) is 77.6 Å².